The van der Waals surface area contributed by atoms with Crippen LogP contribution in [0.25, 0.3) is 0 Å². The van der Waals surface area contributed by atoms with Crippen LogP contribution in [0.3, 0.4) is 0 Å². The second kappa shape index (κ2) is 53.3. The molecule has 4 aliphatic carbocycles. The topological polar surface area (TPSA) is 465 Å². The number of carbonyl (C=O) groups is 14. The molecule has 0 aromatic rings. The lowest BCUT2D eigenvalue weighted by molar-refractivity contribution is -0.160. The number of cyclic esters (lactones) is 2. The van der Waals surface area contributed by atoms with Gasteiger partial charge in [-0.2, -0.15) is 0 Å². The number of ether oxygens (including phenoxy) is 7. The van der Waals surface area contributed by atoms with E-state index in [1.807, 2.05) is 281 Å². The molecule has 0 radical (unpaired) electrons. The van der Waals surface area contributed by atoms with E-state index < -0.39 is 173 Å². The van der Waals surface area contributed by atoms with Gasteiger partial charge in [0.15, 0.2) is 65.2 Å². The molecule has 0 fully saturated rings. The highest BCUT2D eigenvalue weighted by atomic mass is 16.6. The molecular formula is C109H134O29. The number of aliphatic hydroxyl groups excluding tert-OH is 6. The molecule has 0 saturated heterocycles. The van der Waals surface area contributed by atoms with Crippen LogP contribution in [-0.2, 0) is 100 Å². The summed E-state index contributed by atoms with van der Waals surface area (Å²) in [6, 6.07) is 0. The number of carboxylic acid groups (broad SMARTS) is 2. The number of carbonyl (C=O) groups excluding carboxylic acids is 12. The number of aliphatic hydroxyl groups is 6. The number of rotatable bonds is 43. The zero-order valence-electron chi connectivity index (χ0n) is 82.5. The van der Waals surface area contributed by atoms with E-state index in [2.05, 4.69) is 9.47 Å². The molecule has 0 aromatic heterocycles. The number of hydrogen-bond acceptors (Lipinski definition) is 27. The van der Waals surface area contributed by atoms with Crippen LogP contribution >= 0.6 is 0 Å². The Morgan fingerprint density at radius 2 is 0.580 bits per heavy atom. The molecule has 0 saturated carbocycles. The van der Waals surface area contributed by atoms with Crippen molar-refractivity contribution in [2.75, 3.05) is 13.2 Å². The van der Waals surface area contributed by atoms with Crippen molar-refractivity contribution in [1.82, 2.24) is 0 Å². The van der Waals surface area contributed by atoms with Crippen LogP contribution in [0, 0.1) is 27.6 Å². The van der Waals surface area contributed by atoms with Gasteiger partial charge in [0.05, 0.1) is 44.9 Å². The van der Waals surface area contributed by atoms with Crippen molar-refractivity contribution in [2.24, 2.45) is 27.6 Å². The van der Waals surface area contributed by atoms with Crippen LogP contribution in [0.5, 0.6) is 0 Å². The minimum absolute atomic E-state index is 0.0440. The Morgan fingerprint density at radius 1 is 0.341 bits per heavy atom. The molecule has 2 heterocycles. The third-order valence-electron chi connectivity index (χ3n) is 23.6. The first kappa shape index (κ1) is 115. The number of Topliss-reactive ketones (excluding diaryl/α,β-unsaturated/α-hetero) is 5. The van der Waals surface area contributed by atoms with Crippen molar-refractivity contribution in [1.29, 1.82) is 0 Å². The fraction of sp³-hybridized carbons (Fsp3) is 0.431. The molecule has 0 amide bonds. The van der Waals surface area contributed by atoms with E-state index in [4.69, 9.17) is 33.9 Å². The normalized spacial score (nSPS) is 22.3. The third-order valence-corrected chi connectivity index (χ3v) is 23.6. The van der Waals surface area contributed by atoms with Crippen molar-refractivity contribution in [3.63, 3.8) is 0 Å². The average molecular weight is 1910 g/mol. The quantitative estimate of drug-likeness (QED) is 0.0160. The first-order valence-electron chi connectivity index (χ1n) is 45.5. The molecular weight excluding hydrogens is 1770 g/mol. The molecule has 744 valence electrons. The lowest BCUT2D eigenvalue weighted by Gasteiger charge is -2.36. The van der Waals surface area contributed by atoms with Gasteiger partial charge in [-0.05, 0) is 156 Å². The first-order chi connectivity index (χ1) is 64.5. The van der Waals surface area contributed by atoms with E-state index in [0.717, 1.165) is 66.9 Å². The van der Waals surface area contributed by atoms with Gasteiger partial charge in [0.25, 0.3) is 0 Å². The molecule has 29 heteroatoms. The summed E-state index contributed by atoms with van der Waals surface area (Å²) in [6.45, 7) is 37.3. The van der Waals surface area contributed by atoms with Crippen molar-refractivity contribution in [2.45, 2.75) is 265 Å². The maximum Gasteiger partial charge on any atom is 0.377 e. The summed E-state index contributed by atoms with van der Waals surface area (Å²) in [7, 11) is 0. The molecule has 6 aliphatic rings. The standard InChI is InChI=1S/C61H74O19.C48H60O10/c1-34(17-13-19-36(3)21-24-42-38(5)50(68)40(30-60(42,7)8)29-41(62)23-26-47(65)76-32-44(63)56-52(70)54(72)58(74)79-56)15-11-12-16-35(2)18-14-20-37(4)22-25-43-39(6)51(69)46(31-61(43,9)10)78-49(67)28-27-48(66)77-33-45(64)57-53(71)55(73)59(75)80-57;1-31(17-13-19-33(3)21-23-37-35(5)45(55)39(29-47(37,7)8)57-43(53)27-25-41(49)50)15-11-12-16-32(2)18-14-20-34(4)22-24-38-36(6)46(56)40(30-48(38,9)10)58-44(54)28-26-42(51)52/h11-22,24-25,40,44-46,56-57,63-64,70-73H,23,26-33H2,1-10H3;11-24,39-40H,25-30H2,1-10H3,(H,49,50)(H,51,52)/b12-11+,17-13+,18-14+,24-21+,25-22+,34-15+,35-16+,36-19+,37-20+;12-11+,17-13+,18-14+,23-21+,24-22+,31-15+,32-16+,33-19+,34-20+/t40?,44-,45-,46?,56+,57+;/m0./s1. The summed E-state index contributed by atoms with van der Waals surface area (Å²) in [5, 5.41) is 76.0. The molecule has 0 spiro atoms. The van der Waals surface area contributed by atoms with Crippen LogP contribution < -0.4 is 0 Å². The molecule has 4 unspecified atom stereocenters. The summed E-state index contributed by atoms with van der Waals surface area (Å²) in [6.07, 6.45) is 44.2. The predicted octanol–water partition coefficient (Wildman–Crippen LogP) is 18.3. The van der Waals surface area contributed by atoms with Gasteiger partial charge in [0.2, 0.25) is 11.5 Å². The molecule has 138 heavy (non-hydrogen) atoms. The van der Waals surface area contributed by atoms with Crippen LogP contribution in [0.15, 0.2) is 282 Å². The Bertz CT molecular complexity index is 5160. The zero-order chi connectivity index (χ0) is 104. The largest absolute Gasteiger partial charge is 0.505 e. The van der Waals surface area contributed by atoms with E-state index in [1.165, 1.54) is 0 Å². The molecule has 0 aromatic carbocycles. The van der Waals surface area contributed by atoms with Crippen molar-refractivity contribution in [3.8, 4) is 0 Å². The molecule has 29 nitrogen and oxygen atoms in total. The van der Waals surface area contributed by atoms with Crippen LogP contribution in [-0.4, -0.2) is 179 Å². The van der Waals surface area contributed by atoms with Gasteiger partial charge in [-0.3, -0.25) is 57.5 Å². The van der Waals surface area contributed by atoms with Gasteiger partial charge >= 0.3 is 53.7 Å². The van der Waals surface area contributed by atoms with Gasteiger partial charge in [0.1, 0.15) is 31.2 Å². The average Bonchev–Trinajstić information content (AvgIpc) is 1.13. The maximum atomic E-state index is 13.4. The number of hydrogen-bond donors (Lipinski definition) is 8. The Labute approximate surface area is 807 Å². The number of ketones is 5. The van der Waals surface area contributed by atoms with E-state index in [0.29, 0.717) is 41.6 Å². The van der Waals surface area contributed by atoms with Crippen LogP contribution in [0.2, 0.25) is 0 Å². The minimum atomic E-state index is -1.66. The van der Waals surface area contributed by atoms with Crippen molar-refractivity contribution in [3.05, 3.63) is 282 Å². The monoisotopic (exact) mass is 1910 g/mol. The fourth-order valence-corrected chi connectivity index (χ4v) is 15.8. The first-order valence-corrected chi connectivity index (χ1v) is 45.5. The smallest absolute Gasteiger partial charge is 0.377 e. The number of aliphatic carboxylic acids is 2. The number of esters is 7. The number of carboxylic acids is 2. The Balaban J connectivity index is 0.000000513. The highest BCUT2D eigenvalue weighted by Crippen LogP contribution is 2.46. The Morgan fingerprint density at radius 3 is 0.848 bits per heavy atom. The summed E-state index contributed by atoms with van der Waals surface area (Å²) in [5.41, 5.74) is 11.7. The Hall–Kier alpha value is -13.5. The van der Waals surface area contributed by atoms with E-state index >= 15 is 0 Å². The third kappa shape index (κ3) is 36.5. The van der Waals surface area contributed by atoms with Gasteiger partial charge < -0.3 is 74.0 Å². The molecule has 0 bridgehead atoms. The second-order valence-electron chi connectivity index (χ2n) is 37.6. The van der Waals surface area contributed by atoms with Crippen LogP contribution in [0.1, 0.15) is 222 Å². The molecule has 8 N–H and O–H groups in total. The van der Waals surface area contributed by atoms with Gasteiger partial charge in [-0.25, -0.2) is 9.59 Å². The van der Waals surface area contributed by atoms with Crippen molar-refractivity contribution >= 4 is 82.6 Å². The lowest BCUT2D eigenvalue weighted by Crippen LogP contribution is -2.39. The van der Waals surface area contributed by atoms with Gasteiger partial charge in [-0.15, -0.1) is 0 Å². The maximum absolute atomic E-state index is 13.4. The van der Waals surface area contributed by atoms with Gasteiger partial charge in [0, 0.05) is 38.0 Å². The summed E-state index contributed by atoms with van der Waals surface area (Å²) < 4.78 is 35.3. The predicted molar refractivity (Wildman–Crippen MR) is 519 cm³/mol. The minimum Gasteiger partial charge on any atom is -0.505 e. The molecule has 8 atom stereocenters. The highest BCUT2D eigenvalue weighted by molar-refractivity contribution is 6.04. The van der Waals surface area contributed by atoms with Crippen molar-refractivity contribution < 1.29 is 141 Å². The highest BCUT2D eigenvalue weighted by Gasteiger charge is 2.46. The molecule has 2 aliphatic heterocycles. The fourth-order valence-electron chi connectivity index (χ4n) is 15.8. The summed E-state index contributed by atoms with van der Waals surface area (Å²) in [5.74, 6) is -14.2. The van der Waals surface area contributed by atoms with E-state index in [1.54, 1.807) is 27.7 Å². The van der Waals surface area contributed by atoms with Crippen LogP contribution in [0.4, 0.5) is 0 Å². The zero-order valence-corrected chi connectivity index (χ0v) is 82.5. The van der Waals surface area contributed by atoms with Gasteiger partial charge in [-0.1, -0.05) is 270 Å². The van der Waals surface area contributed by atoms with E-state index in [-0.39, 0.29) is 80.3 Å². The summed E-state index contributed by atoms with van der Waals surface area (Å²) in [4.78, 5) is 171. The second-order valence-corrected chi connectivity index (χ2v) is 37.6. The van der Waals surface area contributed by atoms with E-state index in [9.17, 15) is 97.8 Å². The lowest BCUT2D eigenvalue weighted by atomic mass is 9.66. The Kier molecular flexibility index (Phi) is 44.4. The number of allylic oxidation sites excluding steroid dienone is 41. The summed E-state index contributed by atoms with van der Waals surface area (Å²) >= 11 is 0. The molecule has 6 rings (SSSR count). The SMILES string of the molecule is CC1=C(/C=C/C(C)=C/C=C/C(C)=C/C=C/C=C(C)/C=C/C=C(C)/C=C/C2=C(C)C(=O)C(OC(=O)CCC(=O)O)CC2(C)C)C(C)(C)CC(OC(=O)CCC(=O)O)C1=O.CC1=C(/C=C/C(C)=C/C=C/C(C)=C/C=C/C=C(C)/C=C/C=C(C)/C=C/C2=C(C)C(=O)C(OC(=O)CCC(=O)OC[C@H](O)[C@H]3OC(=O)C(O)=C3O)CC2(C)C)C(C)(C)CC(CC(=O)CCC(=O)OC[C@H](O)[C@H]2OC(=O)C(O)=C2O)C1=O.